The molecule has 2 rings (SSSR count). The van der Waals surface area contributed by atoms with Crippen LogP contribution in [0.1, 0.15) is 0 Å². The molecule has 2 unspecified atom stereocenters. The molecule has 0 aromatic rings. The lowest BCUT2D eigenvalue weighted by Gasteiger charge is -2.28. The Balaban J connectivity index is 2.14. The van der Waals surface area contributed by atoms with Crippen LogP contribution in [0.25, 0.3) is 0 Å². The minimum absolute atomic E-state index is 0.0940. The molecule has 2 saturated heterocycles. The van der Waals surface area contributed by atoms with Gasteiger partial charge in [-0.15, -0.1) is 0 Å². The van der Waals surface area contributed by atoms with Crippen LogP contribution < -0.4 is 0 Å². The van der Waals surface area contributed by atoms with Crippen LogP contribution in [0.2, 0.25) is 0 Å². The van der Waals surface area contributed by atoms with E-state index in [0.29, 0.717) is 0 Å². The maximum atomic E-state index is 10.9. The first kappa shape index (κ1) is 9.64. The summed E-state index contributed by atoms with van der Waals surface area (Å²) in [5.41, 5.74) is 0. The van der Waals surface area contributed by atoms with Gasteiger partial charge in [0.15, 0.2) is 0 Å². The molecule has 5 atom stereocenters. The predicted octanol–water partition coefficient (Wildman–Crippen LogP) is -1.24. The number of fused-ring (bicyclic) bond motifs is 1. The normalized spacial score (nSPS) is 56.2. The van der Waals surface area contributed by atoms with Gasteiger partial charge in [-0.25, -0.2) is 4.57 Å². The summed E-state index contributed by atoms with van der Waals surface area (Å²) in [6.45, 7) is -0.0940. The zero-order valence-electron chi connectivity index (χ0n) is 6.57. The minimum Gasteiger partial charge on any atom is -0.388 e. The van der Waals surface area contributed by atoms with Crippen molar-refractivity contribution in [3.63, 3.8) is 0 Å². The topological polar surface area (TPSA) is 85.2 Å². The molecule has 2 radical (unpaired) electrons. The molecular weight excluding hydrogens is 198 g/mol. The van der Waals surface area contributed by atoms with E-state index in [-0.39, 0.29) is 6.61 Å². The lowest BCUT2D eigenvalue weighted by Crippen LogP contribution is -2.39. The molecule has 2 aliphatic heterocycles. The summed E-state index contributed by atoms with van der Waals surface area (Å²) in [5, 5.41) is 9.36. The van der Waals surface area contributed by atoms with E-state index >= 15 is 0 Å². The summed E-state index contributed by atoms with van der Waals surface area (Å²) in [6, 6.07) is -0.892. The van der Waals surface area contributed by atoms with Gasteiger partial charge in [-0.2, -0.15) is 0 Å². The number of rotatable bonds is 0. The van der Waals surface area contributed by atoms with E-state index < -0.39 is 32.1 Å². The fraction of sp³-hybridized carbons (Fsp3) is 1.00. The zero-order valence-corrected chi connectivity index (χ0v) is 7.46. The highest BCUT2D eigenvalue weighted by atomic mass is 31.2. The van der Waals surface area contributed by atoms with Crippen molar-refractivity contribution >= 4 is 15.7 Å². The molecule has 0 aliphatic carbocycles. The van der Waals surface area contributed by atoms with Crippen LogP contribution in [0.15, 0.2) is 0 Å². The highest BCUT2D eigenvalue weighted by Gasteiger charge is 2.49. The Kier molecular flexibility index (Phi) is 2.26. The largest absolute Gasteiger partial charge is 0.472 e. The molecule has 0 amide bonds. The van der Waals surface area contributed by atoms with E-state index in [1.807, 2.05) is 0 Å². The minimum atomic E-state index is -4.02. The maximum absolute atomic E-state index is 10.9. The molecule has 0 bridgehead atoms. The molecule has 2 aliphatic rings. The smallest absolute Gasteiger partial charge is 0.388 e. The van der Waals surface area contributed by atoms with E-state index in [9.17, 15) is 9.67 Å². The highest BCUT2D eigenvalue weighted by Crippen LogP contribution is 2.50. The maximum Gasteiger partial charge on any atom is 0.472 e. The second kappa shape index (κ2) is 3.05. The van der Waals surface area contributed by atoms with Crippen LogP contribution in [-0.2, 0) is 18.3 Å². The van der Waals surface area contributed by atoms with Gasteiger partial charge in [0.2, 0.25) is 0 Å². The molecule has 2 N–H and O–H groups in total. The molecule has 0 saturated carbocycles. The second-order valence-corrected chi connectivity index (χ2v) is 4.37. The van der Waals surface area contributed by atoms with Crippen molar-refractivity contribution in [1.29, 1.82) is 0 Å². The first-order valence-electron chi connectivity index (χ1n) is 3.74. The number of hydrogen-bond acceptors (Lipinski definition) is 5. The number of phosphoric acid groups is 1. The van der Waals surface area contributed by atoms with E-state index in [0.717, 1.165) is 0 Å². The second-order valence-electron chi connectivity index (χ2n) is 2.96. The van der Waals surface area contributed by atoms with E-state index in [1.165, 1.54) is 0 Å². The van der Waals surface area contributed by atoms with Crippen LogP contribution in [-0.4, -0.2) is 48.8 Å². The van der Waals surface area contributed by atoms with Crippen LogP contribution in [0.4, 0.5) is 0 Å². The molecule has 2 heterocycles. The van der Waals surface area contributed by atoms with Gasteiger partial charge in [-0.1, -0.05) is 0 Å². The van der Waals surface area contributed by atoms with Crippen molar-refractivity contribution in [3.8, 4) is 0 Å². The molecule has 0 aromatic carbocycles. The van der Waals surface area contributed by atoms with Crippen LogP contribution in [0.5, 0.6) is 0 Å². The Morgan fingerprint density at radius 2 is 2.23 bits per heavy atom. The number of hydrogen-bond donors (Lipinski definition) is 2. The van der Waals surface area contributed by atoms with Crippen molar-refractivity contribution in [2.45, 2.75) is 24.3 Å². The standard InChI is InChI=1S/C5H8BO6P/c6-5-3(7)4-2(11-5)1-10-13(8,9)12-4/h2-5,7H,1H2,(H,8,9)/t2-,3+,4?,5-/m1/s1. The summed E-state index contributed by atoms with van der Waals surface area (Å²) in [6.07, 6.45) is -2.53. The van der Waals surface area contributed by atoms with Gasteiger partial charge in [0.1, 0.15) is 26.2 Å². The van der Waals surface area contributed by atoms with Crippen molar-refractivity contribution in [3.05, 3.63) is 0 Å². The van der Waals surface area contributed by atoms with E-state index in [1.54, 1.807) is 0 Å². The van der Waals surface area contributed by atoms with Crippen LogP contribution >= 0.6 is 7.82 Å². The lowest BCUT2D eigenvalue weighted by atomic mass is 9.93. The van der Waals surface area contributed by atoms with E-state index in [4.69, 9.17) is 17.5 Å². The third kappa shape index (κ3) is 1.68. The third-order valence-corrected chi connectivity index (χ3v) is 3.01. The van der Waals surface area contributed by atoms with Gasteiger partial charge in [-0.3, -0.25) is 9.05 Å². The fourth-order valence-electron chi connectivity index (χ4n) is 1.38. The molecule has 0 aromatic heterocycles. The molecule has 2 fully saturated rings. The van der Waals surface area contributed by atoms with Gasteiger partial charge in [0.25, 0.3) is 0 Å². The van der Waals surface area contributed by atoms with Crippen LogP contribution in [0.3, 0.4) is 0 Å². The Morgan fingerprint density at radius 1 is 1.54 bits per heavy atom. The summed E-state index contributed by atoms with van der Waals surface area (Å²) >= 11 is 0. The van der Waals surface area contributed by atoms with Gasteiger partial charge in [0.05, 0.1) is 6.61 Å². The number of ether oxygens (including phenoxy) is 1. The molecule has 6 nitrogen and oxygen atoms in total. The summed E-state index contributed by atoms with van der Waals surface area (Å²) < 4.78 is 25.0. The predicted molar refractivity (Wildman–Crippen MR) is 41.1 cm³/mol. The van der Waals surface area contributed by atoms with Crippen molar-refractivity contribution in [2.75, 3.05) is 6.61 Å². The fourth-order valence-corrected chi connectivity index (χ4v) is 2.35. The molecule has 72 valence electrons. The summed E-state index contributed by atoms with van der Waals surface area (Å²) in [5.74, 6) is 0. The summed E-state index contributed by atoms with van der Waals surface area (Å²) in [4.78, 5) is 8.93. The molecule has 0 spiro atoms. The van der Waals surface area contributed by atoms with Crippen molar-refractivity contribution in [1.82, 2.24) is 0 Å². The quantitative estimate of drug-likeness (QED) is 0.380. The average molecular weight is 206 g/mol. The number of aliphatic hydroxyl groups excluding tert-OH is 1. The molecular formula is C5H8BO6P. The monoisotopic (exact) mass is 206 g/mol. The van der Waals surface area contributed by atoms with Crippen LogP contribution in [0, 0.1) is 0 Å². The van der Waals surface area contributed by atoms with Gasteiger partial charge >= 0.3 is 7.82 Å². The molecule has 13 heavy (non-hydrogen) atoms. The zero-order chi connectivity index (χ0) is 9.64. The Labute approximate surface area is 75.8 Å². The summed E-state index contributed by atoms with van der Waals surface area (Å²) in [7, 11) is 1.33. The van der Waals surface area contributed by atoms with Crippen molar-refractivity contribution in [2.24, 2.45) is 0 Å². The first-order valence-corrected chi connectivity index (χ1v) is 5.24. The Bertz CT molecular complexity index is 259. The van der Waals surface area contributed by atoms with Gasteiger partial charge in [0, 0.05) is 6.00 Å². The van der Waals surface area contributed by atoms with Gasteiger partial charge < -0.3 is 14.7 Å². The van der Waals surface area contributed by atoms with Crippen molar-refractivity contribution < 1.29 is 28.3 Å². The Morgan fingerprint density at radius 3 is 2.92 bits per heavy atom. The lowest BCUT2D eigenvalue weighted by molar-refractivity contribution is -0.0491. The third-order valence-electron chi connectivity index (χ3n) is 2.03. The number of aliphatic hydroxyl groups is 1. The highest BCUT2D eigenvalue weighted by molar-refractivity contribution is 7.47. The SMILES string of the molecule is [B][C@@H]1O[C@@H]2COP(=O)(O)OC2[C@@H]1O. The first-order chi connectivity index (χ1) is 5.99. The van der Waals surface area contributed by atoms with E-state index in [2.05, 4.69) is 9.05 Å². The molecule has 8 heteroatoms. The Hall–Kier alpha value is 0.0949. The van der Waals surface area contributed by atoms with Gasteiger partial charge in [-0.05, 0) is 0 Å². The average Bonchev–Trinajstić information content (AvgIpc) is 2.29. The number of phosphoric ester groups is 1.